The molecule has 3 aliphatic rings. The molecule has 0 fully saturated rings. The molecule has 128 heavy (non-hydrogen) atoms. The summed E-state index contributed by atoms with van der Waals surface area (Å²) in [6, 6.07) is 49.9. The van der Waals surface area contributed by atoms with Gasteiger partial charge in [-0.05, 0) is 140 Å². The van der Waals surface area contributed by atoms with E-state index in [2.05, 4.69) is 75.0 Å². The Morgan fingerprint density at radius 3 is 0.695 bits per heavy atom. The number of rotatable bonds is 5. The van der Waals surface area contributed by atoms with Crippen LogP contribution in [0.25, 0.3) is 123 Å². The van der Waals surface area contributed by atoms with Crippen LogP contribution < -0.4 is 0 Å². The molecule has 0 radical (unpaired) electrons. The number of halogens is 24. The van der Waals surface area contributed by atoms with Crippen molar-refractivity contribution in [3.05, 3.63) is 325 Å². The highest BCUT2D eigenvalue weighted by atomic mass is 19.4. The lowest BCUT2D eigenvalue weighted by atomic mass is 9.89. The van der Waals surface area contributed by atoms with Crippen LogP contribution in [-0.2, 0) is 49.4 Å². The highest BCUT2D eigenvalue weighted by Crippen LogP contribution is 2.52. The van der Waals surface area contributed by atoms with Crippen LogP contribution in [0.4, 0.5) is 111 Å². The quantitative estimate of drug-likeness (QED) is 0.0538. The van der Waals surface area contributed by atoms with Crippen molar-refractivity contribution < 1.29 is 105 Å². The van der Waals surface area contributed by atoms with Crippen molar-refractivity contribution in [1.29, 1.82) is 0 Å². The Hall–Kier alpha value is -15.3. The molecule has 0 saturated heterocycles. The summed E-state index contributed by atoms with van der Waals surface area (Å²) >= 11 is 0. The highest BCUT2D eigenvalue weighted by molar-refractivity contribution is 6.01. The third-order valence-corrected chi connectivity index (χ3v) is 19.6. The Labute approximate surface area is 705 Å². The molecule has 11 aromatic carbocycles. The maximum Gasteiger partial charge on any atom is 0.416 e. The van der Waals surface area contributed by atoms with E-state index < -0.39 is 111 Å². The third kappa shape index (κ3) is 18.1. The number of alkyl halides is 24. The lowest BCUT2D eigenvalue weighted by Crippen LogP contribution is -2.14. The fourth-order valence-electron chi connectivity index (χ4n) is 14.1. The van der Waals surface area contributed by atoms with Crippen molar-refractivity contribution in [1.82, 2.24) is 60.0 Å². The van der Waals surface area contributed by atoms with Gasteiger partial charge in [0.25, 0.3) is 0 Å². The van der Waals surface area contributed by atoms with Gasteiger partial charge >= 0.3 is 49.4 Å². The molecular weight excluding hydrogens is 1740 g/mol. The average molecular weight is 1780 g/mol. The zero-order chi connectivity index (χ0) is 91.0. The fraction of sp³-hybridized carbons (Fsp3) is 0.124. The minimum atomic E-state index is -5.21. The molecular formula is C89H49F24N15. The number of hydrogen-bond donors (Lipinski definition) is 0. The highest BCUT2D eigenvalue weighted by Gasteiger charge is 2.44. The number of nitrogens with zero attached hydrogens (tertiary/aromatic N) is 15. The SMILES string of the molecule is C.C1#Cc2ccccc2C#Cc2ccccc21.Cc1cc(-n2nnc3c2-c2ccccc2-c2nnn(-c4cc(C(F)(F)F)cc(C(F)(F)F)c4)c2-c2ccccc2-3)cc(C(F)(F)F)c1.Cc1cc(N=[N+]=[N-])cc(C(F)(F)F)c1.FC(F)(F)c1cc(-n2nnc3c2-c2ccccc2-c2c(nnn2-c2cc(C(F)(F)F)cc(C(F)(F)F)c2)-c2ccccc2-3)cc(C(F)(F)F)c1. The molecule has 0 aliphatic heterocycles. The second kappa shape index (κ2) is 33.3. The van der Waals surface area contributed by atoms with Gasteiger partial charge in [0, 0.05) is 77.4 Å². The third-order valence-electron chi connectivity index (χ3n) is 19.6. The molecule has 0 N–H and O–H groups in total. The number of benzene rings is 11. The second-order valence-corrected chi connectivity index (χ2v) is 28.2. The number of hydrogen-bond acceptors (Lipinski definition) is 9. The van der Waals surface area contributed by atoms with E-state index in [1.165, 1.54) is 79.2 Å². The maximum absolute atomic E-state index is 13.8. The molecule has 15 aromatic rings. The number of aromatic nitrogens is 12. The van der Waals surface area contributed by atoms with E-state index in [1.54, 1.807) is 48.5 Å². The zero-order valence-electron chi connectivity index (χ0n) is 63.8. The Morgan fingerprint density at radius 2 is 0.453 bits per heavy atom. The molecule has 0 saturated carbocycles. The molecule has 4 aromatic heterocycles. The second-order valence-electron chi connectivity index (χ2n) is 28.2. The minimum absolute atomic E-state index is 0. The summed E-state index contributed by atoms with van der Waals surface area (Å²) in [5.74, 6) is 12.7. The number of fused-ring (bicyclic) bond motifs is 18. The Morgan fingerprint density at radius 1 is 0.258 bits per heavy atom. The fourth-order valence-corrected chi connectivity index (χ4v) is 14.1. The Kier molecular flexibility index (Phi) is 23.2. The smallest absolute Gasteiger partial charge is 0.212 e. The maximum atomic E-state index is 13.8. The lowest BCUT2D eigenvalue weighted by molar-refractivity contribution is -0.144. The molecule has 0 amide bonds. The van der Waals surface area contributed by atoms with Gasteiger partial charge in [-0.15, -0.1) is 20.4 Å². The van der Waals surface area contributed by atoms with Gasteiger partial charge in [-0.25, -0.2) is 18.7 Å². The van der Waals surface area contributed by atoms with E-state index >= 15 is 0 Å². The van der Waals surface area contributed by atoms with Crippen LogP contribution >= 0.6 is 0 Å². The van der Waals surface area contributed by atoms with E-state index in [0.29, 0.717) is 64.2 Å². The normalized spacial score (nSPS) is 12.4. The van der Waals surface area contributed by atoms with Crippen LogP contribution in [0, 0.1) is 37.5 Å². The van der Waals surface area contributed by atoms with Gasteiger partial charge in [0.05, 0.1) is 67.3 Å². The van der Waals surface area contributed by atoms with Crippen molar-refractivity contribution in [3.8, 4) is 136 Å². The predicted molar refractivity (Wildman–Crippen MR) is 419 cm³/mol. The van der Waals surface area contributed by atoms with Crippen molar-refractivity contribution >= 4 is 5.69 Å². The molecule has 0 bridgehead atoms. The first-order valence-electron chi connectivity index (χ1n) is 36.6. The standard InChI is InChI=1S/C32H14F12N6.C32H17F9N6.C16H8.C8H6F3N3.CH4/c33-29(34,35)15-9-16(30(36,37)38)12-19(11-15)49-27-23-7-3-4-8-24(23)28-26(22-6-2-1-5-21(22)25(27)45-47-49)46-48-50(28)20-13-17(31(39,40)41)10-18(14-20)32(42,43)44;1-16-10-17(30(33,34)35)13-20(11-16)46-28-24-8-4-2-6-22(24)27-29(25-9-5-3-7-23(25)26(28)42-44-46)47(45-43-27)21-14-18(31(36,37)38)12-19(15-21)32(39,40)41;1-2-6-14-11-12-16-8-4-3-7-15(16)10-9-13(14)5-1;1-5-2-6(8(9,10)11)4-7(3-5)13-14-12;/h1-14H;2-15H,1H3;1-8H;2-4H,1H3;1H4. The van der Waals surface area contributed by atoms with Crippen LogP contribution in [-0.4, -0.2) is 60.0 Å². The number of azide groups is 1. The largest absolute Gasteiger partial charge is 0.416 e. The predicted octanol–water partition coefficient (Wildman–Crippen LogP) is 26.5. The average Bonchev–Trinajstić information content (AvgIpc) is 1.55. The lowest BCUT2D eigenvalue weighted by Gasteiger charge is -2.20. The summed E-state index contributed by atoms with van der Waals surface area (Å²) in [7, 11) is 0. The van der Waals surface area contributed by atoms with E-state index in [9.17, 15) is 105 Å². The van der Waals surface area contributed by atoms with Crippen LogP contribution in [0.1, 0.15) is 85.3 Å². The molecule has 4 heterocycles. The first-order chi connectivity index (χ1) is 59.8. The van der Waals surface area contributed by atoms with Gasteiger partial charge in [0.2, 0.25) is 0 Å². The van der Waals surface area contributed by atoms with E-state index in [1.807, 2.05) is 48.5 Å². The molecule has 0 unspecified atom stereocenters. The molecule has 0 spiro atoms. The first-order valence-corrected chi connectivity index (χ1v) is 36.6. The van der Waals surface area contributed by atoms with Gasteiger partial charge in [0.1, 0.15) is 45.6 Å². The first kappa shape index (κ1) is 89.0. The molecule has 0 atom stereocenters. The summed E-state index contributed by atoms with van der Waals surface area (Å²) in [6.45, 7) is 3.01. The summed E-state index contributed by atoms with van der Waals surface area (Å²) in [6.07, 6.45) is -40.1. The molecule has 39 heteroatoms. The summed E-state index contributed by atoms with van der Waals surface area (Å²) < 4.78 is 331. The number of aryl methyl sites for hydroxylation is 2. The van der Waals surface area contributed by atoms with Gasteiger partial charge in [-0.3, -0.25) is 0 Å². The molecule has 15 nitrogen and oxygen atoms in total. The Balaban J connectivity index is 0.000000156. The monoisotopic (exact) mass is 1780 g/mol. The summed E-state index contributed by atoms with van der Waals surface area (Å²) in [4.78, 5) is 2.43. The summed E-state index contributed by atoms with van der Waals surface area (Å²) in [5, 5.41) is 36.1. The van der Waals surface area contributed by atoms with Crippen molar-refractivity contribution in [2.24, 2.45) is 5.11 Å². The van der Waals surface area contributed by atoms with Gasteiger partial charge in [-0.2, -0.15) is 105 Å². The van der Waals surface area contributed by atoms with Crippen LogP contribution in [0.2, 0.25) is 0 Å². The van der Waals surface area contributed by atoms with Crippen molar-refractivity contribution in [2.75, 3.05) is 0 Å². The van der Waals surface area contributed by atoms with Crippen LogP contribution in [0.15, 0.2) is 242 Å². The van der Waals surface area contributed by atoms with E-state index in [-0.39, 0.29) is 110 Å². The van der Waals surface area contributed by atoms with E-state index in [4.69, 9.17) is 5.53 Å². The van der Waals surface area contributed by atoms with Crippen LogP contribution in [0.3, 0.4) is 0 Å². The Bertz CT molecular complexity index is 6660. The van der Waals surface area contributed by atoms with Crippen molar-refractivity contribution in [2.45, 2.75) is 70.7 Å². The van der Waals surface area contributed by atoms with Gasteiger partial charge in [-0.1, -0.05) is 184 Å². The van der Waals surface area contributed by atoms with Crippen LogP contribution in [0.5, 0.6) is 0 Å². The topological polar surface area (TPSA) is 172 Å². The molecule has 3 aliphatic carbocycles. The molecule has 18 rings (SSSR count). The van der Waals surface area contributed by atoms with Gasteiger partial charge in [0.15, 0.2) is 0 Å². The van der Waals surface area contributed by atoms with Crippen molar-refractivity contribution in [3.63, 3.8) is 0 Å². The van der Waals surface area contributed by atoms with Gasteiger partial charge < -0.3 is 0 Å². The van der Waals surface area contributed by atoms with E-state index in [0.717, 1.165) is 60.6 Å². The summed E-state index contributed by atoms with van der Waals surface area (Å²) in [5.41, 5.74) is 1.64. The minimum Gasteiger partial charge on any atom is -0.212 e. The molecule has 648 valence electrons. The zero-order valence-corrected chi connectivity index (χ0v) is 63.8.